The number of likely N-dealkylation sites (tertiary alicyclic amines) is 1. The number of piperidine rings is 1. The lowest BCUT2D eigenvalue weighted by Gasteiger charge is -2.30. The SMILES string of the molecule is O=C(C=Cc1ccccc1)N1CCC(c2nnc(C3CC3)s2)CC1. The van der Waals surface area contributed by atoms with Gasteiger partial charge in [-0.3, -0.25) is 4.79 Å². The third kappa shape index (κ3) is 3.56. The Hall–Kier alpha value is -2.01. The van der Waals surface area contributed by atoms with Gasteiger partial charge in [-0.2, -0.15) is 0 Å². The average Bonchev–Trinajstić information content (AvgIpc) is 3.38. The van der Waals surface area contributed by atoms with Gasteiger partial charge in [-0.1, -0.05) is 30.3 Å². The topological polar surface area (TPSA) is 46.1 Å². The van der Waals surface area contributed by atoms with E-state index in [9.17, 15) is 4.79 Å². The van der Waals surface area contributed by atoms with E-state index in [2.05, 4.69) is 10.2 Å². The van der Waals surface area contributed by atoms with Crippen LogP contribution in [0.5, 0.6) is 0 Å². The smallest absolute Gasteiger partial charge is 0.246 e. The number of aromatic nitrogens is 2. The number of carbonyl (C=O) groups is 1. The van der Waals surface area contributed by atoms with Crippen molar-refractivity contribution in [2.75, 3.05) is 13.1 Å². The molecule has 2 heterocycles. The van der Waals surface area contributed by atoms with Gasteiger partial charge in [0.15, 0.2) is 0 Å². The highest BCUT2D eigenvalue weighted by atomic mass is 32.1. The summed E-state index contributed by atoms with van der Waals surface area (Å²) in [6, 6.07) is 9.94. The van der Waals surface area contributed by atoms with Crippen molar-refractivity contribution in [2.45, 2.75) is 37.5 Å². The highest BCUT2D eigenvalue weighted by molar-refractivity contribution is 7.11. The van der Waals surface area contributed by atoms with E-state index in [0.29, 0.717) is 11.8 Å². The van der Waals surface area contributed by atoms with E-state index >= 15 is 0 Å². The van der Waals surface area contributed by atoms with Gasteiger partial charge < -0.3 is 4.90 Å². The van der Waals surface area contributed by atoms with Crippen molar-refractivity contribution in [1.29, 1.82) is 0 Å². The molecule has 5 heteroatoms. The van der Waals surface area contributed by atoms with Gasteiger partial charge in [0, 0.05) is 31.0 Å². The largest absolute Gasteiger partial charge is 0.339 e. The van der Waals surface area contributed by atoms with Gasteiger partial charge >= 0.3 is 0 Å². The van der Waals surface area contributed by atoms with Gasteiger partial charge in [0.05, 0.1) is 0 Å². The van der Waals surface area contributed by atoms with E-state index < -0.39 is 0 Å². The Bertz CT molecular complexity index is 728. The van der Waals surface area contributed by atoms with Crippen LogP contribution < -0.4 is 0 Å². The first-order valence-corrected chi connectivity index (χ1v) is 9.46. The summed E-state index contributed by atoms with van der Waals surface area (Å²) in [5.41, 5.74) is 1.06. The third-order valence-electron chi connectivity index (χ3n) is 4.76. The molecule has 0 atom stereocenters. The summed E-state index contributed by atoms with van der Waals surface area (Å²) in [7, 11) is 0. The molecule has 4 rings (SSSR count). The summed E-state index contributed by atoms with van der Waals surface area (Å²) in [6.07, 6.45) is 8.10. The summed E-state index contributed by atoms with van der Waals surface area (Å²) in [4.78, 5) is 14.3. The Kier molecular flexibility index (Phi) is 4.43. The van der Waals surface area contributed by atoms with Gasteiger partial charge in [-0.15, -0.1) is 21.5 Å². The van der Waals surface area contributed by atoms with E-state index in [0.717, 1.165) is 31.5 Å². The molecule has 0 N–H and O–H groups in total. The summed E-state index contributed by atoms with van der Waals surface area (Å²) < 4.78 is 0. The van der Waals surface area contributed by atoms with Crippen LogP contribution in [-0.4, -0.2) is 34.1 Å². The summed E-state index contributed by atoms with van der Waals surface area (Å²) in [5.74, 6) is 1.26. The molecule has 0 spiro atoms. The van der Waals surface area contributed by atoms with E-state index in [1.807, 2.05) is 41.3 Å². The molecule has 2 fully saturated rings. The standard InChI is InChI=1S/C19H21N3OS/c23-17(9-6-14-4-2-1-3-5-14)22-12-10-16(11-13-22)19-21-20-18(24-19)15-7-8-15/h1-6,9,15-16H,7-8,10-13H2. The van der Waals surface area contributed by atoms with Crippen molar-refractivity contribution < 1.29 is 4.79 Å². The van der Waals surface area contributed by atoms with Crippen molar-refractivity contribution in [3.05, 3.63) is 52.0 Å². The molecule has 2 aliphatic rings. The maximum atomic E-state index is 12.3. The number of hydrogen-bond donors (Lipinski definition) is 0. The van der Waals surface area contributed by atoms with Crippen LogP contribution in [0.4, 0.5) is 0 Å². The van der Waals surface area contributed by atoms with Crippen molar-refractivity contribution in [1.82, 2.24) is 15.1 Å². The molecule has 1 amide bonds. The maximum absolute atomic E-state index is 12.3. The summed E-state index contributed by atoms with van der Waals surface area (Å²) >= 11 is 1.79. The minimum Gasteiger partial charge on any atom is -0.339 e. The Morgan fingerprint density at radius 2 is 1.62 bits per heavy atom. The lowest BCUT2D eigenvalue weighted by Crippen LogP contribution is -2.36. The van der Waals surface area contributed by atoms with Gasteiger partial charge in [-0.25, -0.2) is 0 Å². The summed E-state index contributed by atoms with van der Waals surface area (Å²) in [5, 5.41) is 11.1. The molecular formula is C19H21N3OS. The molecule has 2 aromatic rings. The van der Waals surface area contributed by atoms with Crippen LogP contribution in [0.2, 0.25) is 0 Å². The van der Waals surface area contributed by atoms with Gasteiger partial charge in [-0.05, 0) is 37.3 Å². The first-order valence-electron chi connectivity index (χ1n) is 8.65. The lowest BCUT2D eigenvalue weighted by atomic mass is 9.97. The minimum absolute atomic E-state index is 0.105. The molecule has 1 saturated heterocycles. The number of amides is 1. The quantitative estimate of drug-likeness (QED) is 0.795. The molecule has 1 aliphatic heterocycles. The minimum atomic E-state index is 0.105. The second kappa shape index (κ2) is 6.85. The number of rotatable bonds is 4. The Balaban J connectivity index is 1.31. The monoisotopic (exact) mass is 339 g/mol. The van der Waals surface area contributed by atoms with Crippen molar-refractivity contribution >= 4 is 23.3 Å². The zero-order chi connectivity index (χ0) is 16.4. The number of nitrogens with zero attached hydrogens (tertiary/aromatic N) is 3. The molecule has 1 saturated carbocycles. The predicted octanol–water partition coefficient (Wildman–Crippen LogP) is 3.83. The second-order valence-corrected chi connectivity index (χ2v) is 7.64. The maximum Gasteiger partial charge on any atom is 0.246 e. The molecule has 1 aromatic carbocycles. The average molecular weight is 339 g/mol. The van der Waals surface area contributed by atoms with Crippen molar-refractivity contribution in [2.24, 2.45) is 0 Å². The third-order valence-corrected chi connectivity index (χ3v) is 6.00. The predicted molar refractivity (Wildman–Crippen MR) is 95.9 cm³/mol. The van der Waals surface area contributed by atoms with Crippen molar-refractivity contribution in [3.63, 3.8) is 0 Å². The number of benzene rings is 1. The van der Waals surface area contributed by atoms with E-state index in [4.69, 9.17) is 0 Å². The van der Waals surface area contributed by atoms with Crippen LogP contribution in [0.3, 0.4) is 0 Å². The van der Waals surface area contributed by atoms with E-state index in [-0.39, 0.29) is 5.91 Å². The number of carbonyl (C=O) groups excluding carboxylic acids is 1. The fourth-order valence-corrected chi connectivity index (χ4v) is 4.27. The zero-order valence-corrected chi connectivity index (χ0v) is 14.4. The van der Waals surface area contributed by atoms with Gasteiger partial charge in [0.25, 0.3) is 0 Å². The van der Waals surface area contributed by atoms with Crippen LogP contribution in [0.25, 0.3) is 6.08 Å². The van der Waals surface area contributed by atoms with Gasteiger partial charge in [0.2, 0.25) is 5.91 Å². The second-order valence-electron chi connectivity index (χ2n) is 6.60. The molecule has 0 bridgehead atoms. The van der Waals surface area contributed by atoms with Crippen LogP contribution in [0, 0.1) is 0 Å². The molecular weight excluding hydrogens is 318 g/mol. The zero-order valence-electron chi connectivity index (χ0n) is 13.6. The van der Waals surface area contributed by atoms with Crippen LogP contribution in [0.1, 0.15) is 53.1 Å². The molecule has 24 heavy (non-hydrogen) atoms. The van der Waals surface area contributed by atoms with Crippen LogP contribution in [-0.2, 0) is 4.79 Å². The molecule has 0 radical (unpaired) electrons. The van der Waals surface area contributed by atoms with Crippen molar-refractivity contribution in [3.8, 4) is 0 Å². The lowest BCUT2D eigenvalue weighted by molar-refractivity contribution is -0.126. The molecule has 4 nitrogen and oxygen atoms in total. The summed E-state index contributed by atoms with van der Waals surface area (Å²) in [6.45, 7) is 1.61. The first-order chi connectivity index (χ1) is 11.8. The van der Waals surface area contributed by atoms with Gasteiger partial charge in [0.1, 0.15) is 10.0 Å². The molecule has 0 unspecified atom stereocenters. The Morgan fingerprint density at radius 3 is 2.25 bits per heavy atom. The normalized spacial score (nSPS) is 19.1. The number of hydrogen-bond acceptors (Lipinski definition) is 4. The molecule has 124 valence electrons. The van der Waals surface area contributed by atoms with Crippen LogP contribution in [0.15, 0.2) is 36.4 Å². The van der Waals surface area contributed by atoms with E-state index in [1.54, 1.807) is 17.4 Å². The fraction of sp³-hybridized carbons (Fsp3) is 0.421. The molecule has 1 aromatic heterocycles. The van der Waals surface area contributed by atoms with E-state index in [1.165, 1.54) is 22.9 Å². The van der Waals surface area contributed by atoms with Crippen LogP contribution >= 0.6 is 11.3 Å². The molecule has 1 aliphatic carbocycles. The highest BCUT2D eigenvalue weighted by Crippen LogP contribution is 2.43. The highest BCUT2D eigenvalue weighted by Gasteiger charge is 2.30. The fourth-order valence-electron chi connectivity index (χ4n) is 3.09. The Morgan fingerprint density at radius 1 is 1.00 bits per heavy atom. The Labute approximate surface area is 146 Å². The first kappa shape index (κ1) is 15.5.